The molecule has 0 N–H and O–H groups in total. The van der Waals surface area contributed by atoms with Gasteiger partial charge in [0.1, 0.15) is 0 Å². The Labute approximate surface area is 154 Å². The van der Waals surface area contributed by atoms with Gasteiger partial charge in [-0.2, -0.15) is 0 Å². The maximum absolute atomic E-state index is 12.8. The van der Waals surface area contributed by atoms with Crippen LogP contribution in [0.1, 0.15) is 5.56 Å². The topological polar surface area (TPSA) is 48.0 Å². The van der Waals surface area contributed by atoms with Crippen LogP contribution in [0.4, 0.5) is 5.69 Å². The van der Waals surface area contributed by atoms with Gasteiger partial charge >= 0.3 is 0 Å². The highest BCUT2D eigenvalue weighted by Gasteiger charge is 2.33. The number of hydrogen-bond acceptors (Lipinski definition) is 6. The molecule has 2 aromatic rings. The highest BCUT2D eigenvalue weighted by Crippen LogP contribution is 2.43. The van der Waals surface area contributed by atoms with Crippen LogP contribution in [-0.2, 0) is 4.79 Å². The van der Waals surface area contributed by atoms with Crippen LogP contribution in [0.3, 0.4) is 0 Å². The lowest BCUT2D eigenvalue weighted by Gasteiger charge is -2.13. The van der Waals surface area contributed by atoms with Crippen molar-refractivity contribution in [3.05, 3.63) is 52.9 Å². The number of fused-ring (bicyclic) bond motifs is 1. The largest absolute Gasteiger partial charge is 0.493 e. The predicted molar refractivity (Wildman–Crippen MR) is 101 cm³/mol. The van der Waals surface area contributed by atoms with Gasteiger partial charge in [-0.25, -0.2) is 0 Å². The number of benzene rings is 2. The molecular weight excluding hydrogens is 358 g/mol. The Morgan fingerprint density at radius 2 is 2.04 bits per heavy atom. The van der Waals surface area contributed by atoms with E-state index in [-0.39, 0.29) is 12.7 Å². The Hall–Kier alpha value is -2.51. The summed E-state index contributed by atoms with van der Waals surface area (Å²) in [6, 6.07) is 13.0. The second kappa shape index (κ2) is 6.42. The first kappa shape index (κ1) is 16.0. The molecule has 7 heteroatoms. The lowest BCUT2D eigenvalue weighted by atomic mass is 10.1. The van der Waals surface area contributed by atoms with Gasteiger partial charge in [-0.1, -0.05) is 42.2 Å². The van der Waals surface area contributed by atoms with Gasteiger partial charge in [-0.05, 0) is 35.9 Å². The SMILES string of the molecule is COc1cc(C=C2SC(=S)N(c3ccccc3)C2=O)cc2c1OCO2. The van der Waals surface area contributed by atoms with Crippen LogP contribution in [0.25, 0.3) is 6.08 Å². The zero-order valence-electron chi connectivity index (χ0n) is 13.2. The summed E-state index contributed by atoms with van der Waals surface area (Å²) in [4.78, 5) is 14.9. The number of thioether (sulfide) groups is 1. The zero-order chi connectivity index (χ0) is 17.4. The molecule has 0 radical (unpaired) electrons. The minimum Gasteiger partial charge on any atom is -0.493 e. The van der Waals surface area contributed by atoms with E-state index in [0.29, 0.717) is 26.5 Å². The molecule has 2 aliphatic heterocycles. The van der Waals surface area contributed by atoms with Gasteiger partial charge in [0.25, 0.3) is 5.91 Å². The minimum absolute atomic E-state index is 0.141. The fourth-order valence-electron chi connectivity index (χ4n) is 2.65. The lowest BCUT2D eigenvalue weighted by Crippen LogP contribution is -2.27. The average molecular weight is 371 g/mol. The van der Waals surface area contributed by atoms with Crippen molar-refractivity contribution in [2.24, 2.45) is 0 Å². The van der Waals surface area contributed by atoms with E-state index in [9.17, 15) is 4.79 Å². The molecule has 4 rings (SSSR count). The van der Waals surface area contributed by atoms with Crippen LogP contribution in [-0.4, -0.2) is 24.1 Å². The van der Waals surface area contributed by atoms with E-state index in [1.165, 1.54) is 16.7 Å². The zero-order valence-corrected chi connectivity index (χ0v) is 14.9. The Morgan fingerprint density at radius 3 is 2.80 bits per heavy atom. The summed E-state index contributed by atoms with van der Waals surface area (Å²) >= 11 is 6.65. The van der Waals surface area contributed by atoms with E-state index in [0.717, 1.165) is 11.3 Å². The van der Waals surface area contributed by atoms with Crippen molar-refractivity contribution in [1.29, 1.82) is 0 Å². The molecule has 0 bridgehead atoms. The van der Waals surface area contributed by atoms with Gasteiger partial charge in [-0.3, -0.25) is 9.69 Å². The van der Waals surface area contributed by atoms with E-state index >= 15 is 0 Å². The van der Waals surface area contributed by atoms with E-state index in [4.69, 9.17) is 26.4 Å². The molecule has 0 aliphatic carbocycles. The van der Waals surface area contributed by atoms with Crippen LogP contribution < -0.4 is 19.1 Å². The number of thiocarbonyl (C=S) groups is 1. The molecule has 0 aromatic heterocycles. The van der Waals surface area contributed by atoms with Gasteiger partial charge in [0.2, 0.25) is 12.5 Å². The molecule has 0 spiro atoms. The van der Waals surface area contributed by atoms with E-state index in [1.54, 1.807) is 13.2 Å². The first-order valence-corrected chi connectivity index (χ1v) is 8.70. The van der Waals surface area contributed by atoms with E-state index in [1.807, 2.05) is 42.5 Å². The number of nitrogens with zero attached hydrogens (tertiary/aromatic N) is 1. The molecule has 5 nitrogen and oxygen atoms in total. The molecular formula is C18H13NO4S2. The minimum atomic E-state index is -0.141. The molecule has 2 aromatic carbocycles. The number of carbonyl (C=O) groups is 1. The van der Waals surface area contributed by atoms with Gasteiger partial charge in [-0.15, -0.1) is 0 Å². The molecule has 2 aliphatic rings. The van der Waals surface area contributed by atoms with Gasteiger partial charge in [0.05, 0.1) is 17.7 Å². The predicted octanol–water partition coefficient (Wildman–Crippen LogP) is 3.83. The third-order valence-electron chi connectivity index (χ3n) is 3.79. The van der Waals surface area contributed by atoms with Gasteiger partial charge in [0.15, 0.2) is 15.8 Å². The fourth-order valence-corrected chi connectivity index (χ4v) is 3.95. The van der Waals surface area contributed by atoms with E-state index in [2.05, 4.69) is 0 Å². The highest BCUT2D eigenvalue weighted by atomic mass is 32.2. The maximum Gasteiger partial charge on any atom is 0.270 e. The van der Waals surface area contributed by atoms with Gasteiger partial charge in [0, 0.05) is 0 Å². The Morgan fingerprint density at radius 1 is 1.24 bits per heavy atom. The summed E-state index contributed by atoms with van der Waals surface area (Å²) < 4.78 is 16.7. The quantitative estimate of drug-likeness (QED) is 0.604. The summed E-state index contributed by atoms with van der Waals surface area (Å²) in [5.41, 5.74) is 1.55. The number of methoxy groups -OCH3 is 1. The number of ether oxygens (including phenoxy) is 3. The smallest absolute Gasteiger partial charge is 0.270 e. The van der Waals surface area contributed by atoms with Crippen LogP contribution in [0, 0.1) is 0 Å². The Bertz CT molecular complexity index is 895. The molecule has 0 atom stereocenters. The van der Waals surface area contributed by atoms with Crippen LogP contribution in [0.5, 0.6) is 17.2 Å². The monoisotopic (exact) mass is 371 g/mol. The first-order valence-electron chi connectivity index (χ1n) is 7.48. The summed E-state index contributed by atoms with van der Waals surface area (Å²) in [5.74, 6) is 1.61. The molecule has 0 saturated carbocycles. The number of rotatable bonds is 3. The molecule has 1 saturated heterocycles. The standard InChI is InChI=1S/C18H13NO4S2/c1-21-13-7-11(8-14-16(13)23-10-22-14)9-15-17(20)19(18(24)25-15)12-5-3-2-4-6-12/h2-9H,10H2,1H3. The molecule has 0 unspecified atom stereocenters. The molecule has 25 heavy (non-hydrogen) atoms. The number of amides is 1. The normalized spacial score (nSPS) is 17.5. The van der Waals surface area contributed by atoms with Crippen LogP contribution in [0.15, 0.2) is 47.4 Å². The second-order valence-electron chi connectivity index (χ2n) is 5.31. The number of hydrogen-bond donors (Lipinski definition) is 0. The molecule has 126 valence electrons. The number of para-hydroxylation sites is 1. The van der Waals surface area contributed by atoms with E-state index < -0.39 is 0 Å². The number of anilines is 1. The third-order valence-corrected chi connectivity index (χ3v) is 5.09. The summed E-state index contributed by atoms with van der Waals surface area (Å²) in [5, 5.41) is 0. The number of carbonyl (C=O) groups excluding carboxylic acids is 1. The lowest BCUT2D eigenvalue weighted by molar-refractivity contribution is -0.113. The second-order valence-corrected chi connectivity index (χ2v) is 6.99. The van der Waals surface area contributed by atoms with Crippen LogP contribution >= 0.6 is 24.0 Å². The molecule has 1 fully saturated rings. The molecule has 2 heterocycles. The van der Waals surface area contributed by atoms with Crippen molar-refractivity contribution in [3.63, 3.8) is 0 Å². The van der Waals surface area contributed by atoms with Crippen molar-refractivity contribution >= 4 is 46.0 Å². The van der Waals surface area contributed by atoms with Crippen LogP contribution in [0.2, 0.25) is 0 Å². The fraction of sp³-hybridized carbons (Fsp3) is 0.111. The third kappa shape index (κ3) is 2.85. The Balaban J connectivity index is 1.69. The summed E-state index contributed by atoms with van der Waals surface area (Å²) in [6.45, 7) is 0.158. The van der Waals surface area contributed by atoms with Crippen molar-refractivity contribution < 1.29 is 19.0 Å². The maximum atomic E-state index is 12.8. The van der Waals surface area contributed by atoms with Crippen molar-refractivity contribution in [1.82, 2.24) is 0 Å². The van der Waals surface area contributed by atoms with Gasteiger partial charge < -0.3 is 14.2 Å². The molecule has 1 amide bonds. The first-order chi connectivity index (χ1) is 12.2. The average Bonchev–Trinajstić information content (AvgIpc) is 3.20. The van der Waals surface area contributed by atoms with Crippen molar-refractivity contribution in [2.75, 3.05) is 18.8 Å². The summed E-state index contributed by atoms with van der Waals surface area (Å²) in [7, 11) is 1.57. The Kier molecular flexibility index (Phi) is 4.10. The van der Waals surface area contributed by atoms with Crippen molar-refractivity contribution in [2.45, 2.75) is 0 Å². The summed E-state index contributed by atoms with van der Waals surface area (Å²) in [6.07, 6.45) is 1.78. The van der Waals surface area contributed by atoms with Crippen molar-refractivity contribution in [3.8, 4) is 17.2 Å². The highest BCUT2D eigenvalue weighted by molar-refractivity contribution is 8.27.